The highest BCUT2D eigenvalue weighted by Gasteiger charge is 2.03. The molecular formula is C48H34N2O4. The normalized spacial score (nSPS) is 9.93. The molecule has 0 bridgehead atoms. The van der Waals surface area contributed by atoms with Gasteiger partial charge in [0.1, 0.15) is 23.0 Å². The van der Waals surface area contributed by atoms with Crippen LogP contribution in [0.4, 0.5) is 11.4 Å². The van der Waals surface area contributed by atoms with Crippen LogP contribution in [-0.4, -0.2) is 28.4 Å². The highest BCUT2D eigenvalue weighted by Crippen LogP contribution is 2.24. The van der Waals surface area contributed by atoms with Crippen LogP contribution < -0.4 is 18.9 Å². The molecule has 0 spiro atoms. The first-order valence-electron chi connectivity index (χ1n) is 16.8. The average molecular weight is 703 g/mol. The summed E-state index contributed by atoms with van der Waals surface area (Å²) in [5.74, 6) is 28.9. The molecule has 6 rings (SSSR count). The van der Waals surface area contributed by atoms with Crippen molar-refractivity contribution in [2.75, 3.05) is 28.4 Å². The number of ether oxygens (including phenoxy) is 4. The van der Waals surface area contributed by atoms with E-state index in [0.29, 0.717) is 11.4 Å². The summed E-state index contributed by atoms with van der Waals surface area (Å²) in [7, 11) is 6.53. The standard InChI is InChI=1S/C48H34N2O4/c1-51-45-13-5-9-35(31-45)17-21-39-25-40(22-18-36-10-6-14-46(32-36)52-2)28-43(27-39)49-50-44-29-41(23-19-37-11-7-15-47(33-37)53-3)26-42(30-44)24-20-38-12-8-16-48(34-38)54-4/h5-16,25-34H,1-4H3. The van der Waals surface area contributed by atoms with Gasteiger partial charge in [0.2, 0.25) is 0 Å². The molecule has 0 aliphatic heterocycles. The molecule has 260 valence electrons. The Morgan fingerprint density at radius 1 is 0.296 bits per heavy atom. The molecule has 0 saturated heterocycles. The van der Waals surface area contributed by atoms with E-state index in [1.165, 1.54) is 0 Å². The third kappa shape index (κ3) is 10.4. The second-order valence-electron chi connectivity index (χ2n) is 11.7. The maximum absolute atomic E-state index is 5.37. The van der Waals surface area contributed by atoms with Crippen molar-refractivity contribution >= 4 is 11.4 Å². The van der Waals surface area contributed by atoms with Crippen molar-refractivity contribution < 1.29 is 18.9 Å². The molecule has 0 aliphatic carbocycles. The summed E-state index contributed by atoms with van der Waals surface area (Å²) in [5, 5.41) is 9.29. The Hall–Kier alpha value is -7.64. The van der Waals surface area contributed by atoms with Crippen LogP contribution in [0.25, 0.3) is 0 Å². The van der Waals surface area contributed by atoms with E-state index in [9.17, 15) is 0 Å². The minimum atomic E-state index is 0.583. The zero-order valence-corrected chi connectivity index (χ0v) is 30.2. The summed E-state index contributed by atoms with van der Waals surface area (Å²) in [6, 6.07) is 41.8. The minimum absolute atomic E-state index is 0.583. The summed E-state index contributed by atoms with van der Waals surface area (Å²) in [5.41, 5.74) is 7.36. The topological polar surface area (TPSA) is 61.6 Å². The minimum Gasteiger partial charge on any atom is -0.497 e. The number of rotatable bonds is 6. The first-order chi connectivity index (χ1) is 26.5. The van der Waals surface area contributed by atoms with Crippen molar-refractivity contribution in [3.05, 3.63) is 178 Å². The quantitative estimate of drug-likeness (QED) is 0.128. The lowest BCUT2D eigenvalue weighted by Gasteiger charge is -2.01. The smallest absolute Gasteiger partial charge is 0.120 e. The van der Waals surface area contributed by atoms with E-state index >= 15 is 0 Å². The van der Waals surface area contributed by atoms with E-state index in [2.05, 4.69) is 57.6 Å². The molecule has 0 heterocycles. The first kappa shape index (κ1) is 36.2. The molecule has 54 heavy (non-hydrogen) atoms. The van der Waals surface area contributed by atoms with Gasteiger partial charge in [0.05, 0.1) is 39.8 Å². The molecule has 0 N–H and O–H groups in total. The summed E-state index contributed by atoms with van der Waals surface area (Å²) in [6.07, 6.45) is 0. The number of methoxy groups -OCH3 is 4. The van der Waals surface area contributed by atoms with Gasteiger partial charge in [0, 0.05) is 44.5 Å². The Morgan fingerprint density at radius 3 is 0.778 bits per heavy atom. The Kier molecular flexibility index (Phi) is 12.1. The number of benzene rings is 6. The van der Waals surface area contributed by atoms with Gasteiger partial charge in [-0.05, 0) is 109 Å². The fourth-order valence-corrected chi connectivity index (χ4v) is 5.12. The molecule has 6 aromatic rings. The summed E-state index contributed by atoms with van der Waals surface area (Å²) in [6.45, 7) is 0. The molecule has 0 aliphatic rings. The first-order valence-corrected chi connectivity index (χ1v) is 16.8. The van der Waals surface area contributed by atoms with E-state index in [1.54, 1.807) is 28.4 Å². The van der Waals surface area contributed by atoms with Crippen molar-refractivity contribution in [1.29, 1.82) is 0 Å². The second kappa shape index (κ2) is 18.0. The maximum Gasteiger partial charge on any atom is 0.120 e. The van der Waals surface area contributed by atoms with Crippen LogP contribution in [0.5, 0.6) is 23.0 Å². The summed E-state index contributed by atoms with van der Waals surface area (Å²) >= 11 is 0. The third-order valence-corrected chi connectivity index (χ3v) is 7.80. The maximum atomic E-state index is 5.37. The van der Waals surface area contributed by atoms with Crippen molar-refractivity contribution in [1.82, 2.24) is 0 Å². The lowest BCUT2D eigenvalue weighted by molar-refractivity contribution is 0.414. The lowest BCUT2D eigenvalue weighted by atomic mass is 10.1. The molecule has 0 aromatic heterocycles. The van der Waals surface area contributed by atoms with Crippen LogP contribution in [0.2, 0.25) is 0 Å². The molecule has 6 heteroatoms. The van der Waals surface area contributed by atoms with Gasteiger partial charge in [0.25, 0.3) is 0 Å². The number of azo groups is 1. The van der Waals surface area contributed by atoms with E-state index in [1.807, 2.05) is 133 Å². The SMILES string of the molecule is COc1cccc(C#Cc2cc(C#Cc3cccc(OC)c3)cc(N=Nc3cc(C#Cc4cccc(OC)c4)cc(C#Cc4cccc(OC)c4)c3)c2)c1. The fourth-order valence-electron chi connectivity index (χ4n) is 5.12. The van der Waals surface area contributed by atoms with Crippen LogP contribution in [0.15, 0.2) is 144 Å². The molecule has 6 nitrogen and oxygen atoms in total. The van der Waals surface area contributed by atoms with Gasteiger partial charge in [-0.2, -0.15) is 10.2 Å². The molecule has 0 amide bonds. The van der Waals surface area contributed by atoms with Crippen molar-refractivity contribution in [2.24, 2.45) is 10.2 Å². The van der Waals surface area contributed by atoms with E-state index in [0.717, 1.165) is 67.5 Å². The molecule has 6 aromatic carbocycles. The predicted molar refractivity (Wildman–Crippen MR) is 213 cm³/mol. The molecule has 0 radical (unpaired) electrons. The zero-order valence-electron chi connectivity index (χ0n) is 30.2. The zero-order chi connectivity index (χ0) is 37.5. The van der Waals surface area contributed by atoms with Crippen molar-refractivity contribution in [3.8, 4) is 70.4 Å². The number of hydrogen-bond donors (Lipinski definition) is 0. The lowest BCUT2D eigenvalue weighted by Crippen LogP contribution is -1.85. The van der Waals surface area contributed by atoms with E-state index in [-0.39, 0.29) is 0 Å². The number of hydrogen-bond acceptors (Lipinski definition) is 6. The Labute approximate surface area is 316 Å². The predicted octanol–water partition coefficient (Wildman–Crippen LogP) is 9.74. The van der Waals surface area contributed by atoms with E-state index < -0.39 is 0 Å². The monoisotopic (exact) mass is 702 g/mol. The van der Waals surface area contributed by atoms with Crippen LogP contribution >= 0.6 is 0 Å². The summed E-state index contributed by atoms with van der Waals surface area (Å²) < 4.78 is 21.5. The average Bonchev–Trinajstić information content (AvgIpc) is 3.23. The van der Waals surface area contributed by atoms with E-state index in [4.69, 9.17) is 18.9 Å². The third-order valence-electron chi connectivity index (χ3n) is 7.80. The van der Waals surface area contributed by atoms with Crippen LogP contribution in [0.3, 0.4) is 0 Å². The highest BCUT2D eigenvalue weighted by atomic mass is 16.5. The second-order valence-corrected chi connectivity index (χ2v) is 11.7. The van der Waals surface area contributed by atoms with Gasteiger partial charge in [-0.25, -0.2) is 0 Å². The molecule has 0 unspecified atom stereocenters. The molecule has 0 saturated carbocycles. The molecule has 0 atom stereocenters. The number of nitrogens with zero attached hydrogens (tertiary/aromatic N) is 2. The van der Waals surface area contributed by atoms with Crippen LogP contribution in [-0.2, 0) is 0 Å². The largest absolute Gasteiger partial charge is 0.497 e. The van der Waals surface area contributed by atoms with Gasteiger partial charge in [-0.3, -0.25) is 0 Å². The highest BCUT2D eigenvalue weighted by molar-refractivity contribution is 5.59. The Bertz CT molecular complexity index is 2250. The van der Waals surface area contributed by atoms with Gasteiger partial charge >= 0.3 is 0 Å². The fraction of sp³-hybridized carbons (Fsp3) is 0.0833. The van der Waals surface area contributed by atoms with Crippen molar-refractivity contribution in [3.63, 3.8) is 0 Å². The molecule has 0 fully saturated rings. The molecular weight excluding hydrogens is 669 g/mol. The van der Waals surface area contributed by atoms with Gasteiger partial charge in [0.15, 0.2) is 0 Å². The Morgan fingerprint density at radius 2 is 0.537 bits per heavy atom. The van der Waals surface area contributed by atoms with Gasteiger partial charge in [-0.1, -0.05) is 71.6 Å². The summed E-state index contributed by atoms with van der Waals surface area (Å²) in [4.78, 5) is 0. The van der Waals surface area contributed by atoms with Gasteiger partial charge < -0.3 is 18.9 Å². The van der Waals surface area contributed by atoms with Crippen LogP contribution in [0, 0.1) is 47.4 Å². The van der Waals surface area contributed by atoms with Crippen LogP contribution in [0.1, 0.15) is 44.5 Å². The van der Waals surface area contributed by atoms with Gasteiger partial charge in [-0.15, -0.1) is 0 Å². The van der Waals surface area contributed by atoms with Crippen molar-refractivity contribution in [2.45, 2.75) is 0 Å². The Balaban J connectivity index is 1.39.